The molecule has 2 heterocycles. The van der Waals surface area contributed by atoms with Crippen molar-refractivity contribution < 1.29 is 34.0 Å². The van der Waals surface area contributed by atoms with E-state index in [0.717, 1.165) is 25.7 Å². The Morgan fingerprint density at radius 1 is 1.00 bits per heavy atom. The second kappa shape index (κ2) is 11.6. The first-order valence-electron chi connectivity index (χ1n) is 19.6. The van der Waals surface area contributed by atoms with Crippen LogP contribution in [0.15, 0.2) is 0 Å². The Balaban J connectivity index is 0.970. The molecule has 0 aromatic carbocycles. The molecule has 3 N–H and O–H groups in total. The van der Waals surface area contributed by atoms with Crippen molar-refractivity contribution in [1.82, 2.24) is 10.2 Å². The van der Waals surface area contributed by atoms with Crippen molar-refractivity contribution in [3.05, 3.63) is 0 Å². The van der Waals surface area contributed by atoms with Gasteiger partial charge in [0, 0.05) is 31.5 Å². The van der Waals surface area contributed by atoms with Crippen LogP contribution in [-0.2, 0) is 23.8 Å². The van der Waals surface area contributed by atoms with Crippen LogP contribution in [0.5, 0.6) is 0 Å². The minimum atomic E-state index is -0.788. The fourth-order valence-electron chi connectivity index (χ4n) is 14.0. The van der Waals surface area contributed by atoms with Gasteiger partial charge >= 0.3 is 5.97 Å². The van der Waals surface area contributed by atoms with E-state index in [1.807, 2.05) is 4.90 Å². The number of hydrogen-bond acceptors (Lipinski definition) is 7. The smallest absolute Gasteiger partial charge is 0.304 e. The second-order valence-corrected chi connectivity index (χ2v) is 18.9. The van der Waals surface area contributed by atoms with Gasteiger partial charge in [0.15, 0.2) is 6.29 Å². The van der Waals surface area contributed by atoms with Crippen LogP contribution >= 0.6 is 0 Å². The number of amides is 1. The van der Waals surface area contributed by atoms with E-state index in [1.54, 1.807) is 0 Å². The number of nitrogens with zero attached hydrogens (tertiary/aromatic N) is 1. The molecule has 9 nitrogen and oxygen atoms in total. The van der Waals surface area contributed by atoms with Gasteiger partial charge in [-0.15, -0.1) is 0 Å². The zero-order valence-corrected chi connectivity index (χ0v) is 30.2. The number of morpholine rings is 1. The maximum absolute atomic E-state index is 12.9. The van der Waals surface area contributed by atoms with Crippen LogP contribution in [0.1, 0.15) is 112 Å². The molecule has 2 spiro atoms. The number of aliphatic hydroxyl groups is 1. The van der Waals surface area contributed by atoms with Gasteiger partial charge in [-0.3, -0.25) is 9.59 Å². The maximum Gasteiger partial charge on any atom is 0.304 e. The van der Waals surface area contributed by atoms with Gasteiger partial charge in [-0.2, -0.15) is 0 Å². The Morgan fingerprint density at radius 2 is 1.75 bits per heavy atom. The van der Waals surface area contributed by atoms with Gasteiger partial charge in [-0.1, -0.05) is 34.6 Å². The number of ether oxygens (including phenoxy) is 3. The molecule has 0 aromatic rings. The molecule has 2 saturated heterocycles. The van der Waals surface area contributed by atoms with E-state index in [1.165, 1.54) is 38.5 Å². The Bertz CT molecular complexity index is 1290. The topological polar surface area (TPSA) is 118 Å². The van der Waals surface area contributed by atoms with E-state index in [2.05, 4.69) is 39.9 Å². The highest BCUT2D eigenvalue weighted by Crippen LogP contribution is 2.89. The average Bonchev–Trinajstić information content (AvgIpc) is 3.96. The highest BCUT2D eigenvalue weighted by molar-refractivity contribution is 5.76. The minimum Gasteiger partial charge on any atom is -0.481 e. The molecule has 5 unspecified atom stereocenters. The van der Waals surface area contributed by atoms with Crippen LogP contribution in [0.25, 0.3) is 0 Å². The van der Waals surface area contributed by atoms with Crippen LogP contribution in [0.2, 0.25) is 0 Å². The molecule has 9 heteroatoms. The molecule has 2 aliphatic heterocycles. The molecular formula is C39H62N2O7. The molecule has 0 bridgehead atoms. The number of hydrogen-bond donors (Lipinski definition) is 3. The van der Waals surface area contributed by atoms with Gasteiger partial charge in [0.1, 0.15) is 0 Å². The molecule has 1 amide bonds. The third kappa shape index (κ3) is 4.86. The van der Waals surface area contributed by atoms with Crippen molar-refractivity contribution in [2.24, 2.45) is 56.7 Å². The average molecular weight is 671 g/mol. The van der Waals surface area contributed by atoms with E-state index >= 15 is 0 Å². The van der Waals surface area contributed by atoms with E-state index in [-0.39, 0.29) is 58.6 Å². The molecule has 13 atom stereocenters. The molecule has 8 fully saturated rings. The Labute approximate surface area is 287 Å². The van der Waals surface area contributed by atoms with Crippen molar-refractivity contribution in [3.63, 3.8) is 0 Å². The zero-order valence-electron chi connectivity index (χ0n) is 30.2. The Hall–Kier alpha value is -1.26. The van der Waals surface area contributed by atoms with Gasteiger partial charge in [0.25, 0.3) is 0 Å². The number of aliphatic hydroxyl groups excluding tert-OH is 1. The van der Waals surface area contributed by atoms with Gasteiger partial charge in [-0.05, 0) is 115 Å². The lowest BCUT2D eigenvalue weighted by molar-refractivity contribution is -0.248. The number of carboxylic acid groups (broad SMARTS) is 1. The Morgan fingerprint density at radius 3 is 2.50 bits per heavy atom. The third-order valence-electron chi connectivity index (χ3n) is 16.6. The molecule has 0 radical (unpaired) electrons. The third-order valence-corrected chi connectivity index (χ3v) is 16.6. The van der Waals surface area contributed by atoms with Crippen molar-refractivity contribution >= 4 is 11.9 Å². The first-order chi connectivity index (χ1) is 22.8. The summed E-state index contributed by atoms with van der Waals surface area (Å²) in [5.41, 5.74) is 0.453. The highest BCUT2D eigenvalue weighted by atomic mass is 16.7. The number of carbonyl (C=O) groups excluding carboxylic acids is 1. The summed E-state index contributed by atoms with van der Waals surface area (Å²) in [6, 6.07) is 0. The summed E-state index contributed by atoms with van der Waals surface area (Å²) < 4.78 is 19.8. The van der Waals surface area contributed by atoms with Crippen LogP contribution in [0.4, 0.5) is 0 Å². The van der Waals surface area contributed by atoms with Crippen molar-refractivity contribution in [1.29, 1.82) is 0 Å². The number of nitrogens with one attached hydrogen (secondary N) is 1. The molecule has 6 aliphatic carbocycles. The lowest BCUT2D eigenvalue weighted by Gasteiger charge is -2.64. The summed E-state index contributed by atoms with van der Waals surface area (Å²) in [4.78, 5) is 25.9. The molecule has 8 rings (SSSR count). The Kier molecular flexibility index (Phi) is 8.20. The van der Waals surface area contributed by atoms with Crippen molar-refractivity contribution in [3.8, 4) is 0 Å². The molecular weight excluding hydrogens is 608 g/mol. The zero-order chi connectivity index (χ0) is 33.9. The summed E-state index contributed by atoms with van der Waals surface area (Å²) in [6.07, 6.45) is 11.5. The molecule has 6 saturated carbocycles. The predicted octanol–water partition coefficient (Wildman–Crippen LogP) is 5.23. The number of fused-ring (bicyclic) bond motifs is 4. The first kappa shape index (κ1) is 33.9. The molecule has 270 valence electrons. The first-order valence-corrected chi connectivity index (χ1v) is 19.6. The van der Waals surface area contributed by atoms with Crippen molar-refractivity contribution in [2.75, 3.05) is 32.8 Å². The quantitative estimate of drug-likeness (QED) is 0.286. The minimum absolute atomic E-state index is 0.00151. The van der Waals surface area contributed by atoms with Gasteiger partial charge in [-0.25, -0.2) is 0 Å². The summed E-state index contributed by atoms with van der Waals surface area (Å²) in [7, 11) is 0. The number of carbonyl (C=O) groups is 2. The second-order valence-electron chi connectivity index (χ2n) is 18.9. The van der Waals surface area contributed by atoms with E-state index in [0.29, 0.717) is 74.2 Å². The number of aliphatic carboxylic acids is 1. The van der Waals surface area contributed by atoms with Gasteiger partial charge in [0.05, 0.1) is 44.0 Å². The summed E-state index contributed by atoms with van der Waals surface area (Å²) in [5.74, 6) is 1.93. The summed E-state index contributed by atoms with van der Waals surface area (Å²) >= 11 is 0. The largest absolute Gasteiger partial charge is 0.481 e. The van der Waals surface area contributed by atoms with Crippen LogP contribution in [0, 0.1) is 56.7 Å². The van der Waals surface area contributed by atoms with Crippen LogP contribution < -0.4 is 5.32 Å². The maximum atomic E-state index is 12.9. The monoisotopic (exact) mass is 670 g/mol. The fraction of sp³-hybridized carbons (Fsp3) is 0.949. The standard InChI is InChI=1S/C39H62N2O7/c1-23-18-25(20-40-15-11-30(43)44)47-33-32(23)36(4)13-14-39-22-38(39)12-10-28(35(2,3)26(38)8-9-27(39)37(36,5)34(33)45)48-31-21-41(16-17-46-31)29(42)19-24-6-7-24/h23-28,31-34,40,45H,6-22H2,1-5H3,(H,43,44)/t23-,25?,26?,27?,28+,31+,32+,33?,34+,36-,37-,38-,39?/m1/s1. The molecule has 8 aliphatic rings. The molecule has 0 aromatic heterocycles. The SMILES string of the molecule is C[C@@H]1CC(CNCCC(=O)O)OC2[C@H]1[C@@]1(C)CCC34C[C@@]35CC[C@H](O[C@H]3CN(C(=O)CC6CC6)CCO3)C(C)(C)C5CCC4[C@]1(C)[C@H]2O. The lowest BCUT2D eigenvalue weighted by Crippen LogP contribution is -2.60. The fourth-order valence-corrected chi connectivity index (χ4v) is 14.0. The predicted molar refractivity (Wildman–Crippen MR) is 180 cm³/mol. The van der Waals surface area contributed by atoms with Crippen LogP contribution in [-0.4, -0.2) is 90.5 Å². The normalized spacial score (nSPS) is 50.4. The highest BCUT2D eigenvalue weighted by Gasteiger charge is 2.84. The van der Waals surface area contributed by atoms with E-state index in [9.17, 15) is 14.7 Å². The van der Waals surface area contributed by atoms with Gasteiger partial charge in [0.2, 0.25) is 5.91 Å². The number of carboxylic acids is 1. The van der Waals surface area contributed by atoms with Gasteiger partial charge < -0.3 is 34.6 Å². The molecule has 48 heavy (non-hydrogen) atoms. The summed E-state index contributed by atoms with van der Waals surface area (Å²) in [6.45, 7) is 15.1. The lowest BCUT2D eigenvalue weighted by atomic mass is 9.41. The number of rotatable bonds is 9. The van der Waals surface area contributed by atoms with E-state index < -0.39 is 12.1 Å². The van der Waals surface area contributed by atoms with Crippen molar-refractivity contribution in [2.45, 2.75) is 142 Å². The van der Waals surface area contributed by atoms with Crippen LogP contribution in [0.3, 0.4) is 0 Å². The summed E-state index contributed by atoms with van der Waals surface area (Å²) in [5, 5.41) is 24.8. The van der Waals surface area contributed by atoms with E-state index in [4.69, 9.17) is 19.3 Å².